The Hall–Kier alpha value is -4.00. The number of benzene rings is 1. The Morgan fingerprint density at radius 3 is 2.36 bits per heavy atom. The number of anilines is 1. The number of aromatic nitrogens is 2. The third-order valence-electron chi connectivity index (χ3n) is 4.41. The molecule has 4 amide bonds. The normalized spacial score (nSPS) is 15.8. The van der Waals surface area contributed by atoms with E-state index >= 15 is 0 Å². The Labute approximate surface area is 160 Å². The van der Waals surface area contributed by atoms with Gasteiger partial charge in [0.2, 0.25) is 0 Å². The maximum absolute atomic E-state index is 12.9. The van der Waals surface area contributed by atoms with E-state index in [0.29, 0.717) is 11.4 Å². The largest absolute Gasteiger partial charge is 0.335 e. The van der Waals surface area contributed by atoms with Gasteiger partial charge in [-0.3, -0.25) is 19.9 Å². The molecule has 1 saturated heterocycles. The number of imide groups is 2. The van der Waals surface area contributed by atoms with E-state index in [0.717, 1.165) is 16.2 Å². The van der Waals surface area contributed by atoms with Crippen molar-refractivity contribution in [3.8, 4) is 5.69 Å². The number of nitrogens with one attached hydrogen (secondary N) is 1. The molecule has 1 aliphatic rings. The van der Waals surface area contributed by atoms with Crippen molar-refractivity contribution in [1.29, 1.82) is 0 Å². The van der Waals surface area contributed by atoms with Gasteiger partial charge >= 0.3 is 6.03 Å². The average Bonchev–Trinajstić information content (AvgIpc) is 3.15. The van der Waals surface area contributed by atoms with Gasteiger partial charge in [-0.15, -0.1) is 0 Å². The van der Waals surface area contributed by atoms with Crippen LogP contribution in [-0.2, 0) is 9.59 Å². The van der Waals surface area contributed by atoms with Crippen LogP contribution in [0.25, 0.3) is 11.8 Å². The lowest BCUT2D eigenvalue weighted by molar-refractivity contribution is -0.122. The Balaban J connectivity index is 1.74. The number of amides is 4. The Morgan fingerprint density at radius 2 is 1.64 bits per heavy atom. The van der Waals surface area contributed by atoms with E-state index < -0.39 is 17.8 Å². The molecule has 138 valence electrons. The van der Waals surface area contributed by atoms with Crippen molar-refractivity contribution in [1.82, 2.24) is 14.9 Å². The van der Waals surface area contributed by atoms with Crippen molar-refractivity contribution in [3.63, 3.8) is 0 Å². The summed E-state index contributed by atoms with van der Waals surface area (Å²) >= 11 is 0. The zero-order chi connectivity index (χ0) is 19.7. The quantitative estimate of drug-likeness (QED) is 0.566. The molecule has 0 aliphatic carbocycles. The van der Waals surface area contributed by atoms with Crippen LogP contribution in [0.5, 0.6) is 0 Å². The lowest BCUT2D eigenvalue weighted by atomic mass is 10.1. The van der Waals surface area contributed by atoms with Gasteiger partial charge < -0.3 is 4.57 Å². The standard InChI is InChI=1S/C21H16N4O3/c1-14-4-6-15(7-5-14)24-12-2-3-17(24)13-18-19(26)23-21(28)25(20(18)27)16-8-10-22-11-9-16/h2-13H,1H3,(H,23,26,28)/b18-13+. The number of rotatable bonds is 3. The SMILES string of the molecule is Cc1ccc(-n2cccc2/C=C2\C(=O)NC(=O)N(c3ccncc3)C2=O)cc1. The van der Waals surface area contributed by atoms with Gasteiger partial charge in [0.05, 0.1) is 5.69 Å². The van der Waals surface area contributed by atoms with Crippen molar-refractivity contribution >= 4 is 29.6 Å². The molecular weight excluding hydrogens is 356 g/mol. The lowest BCUT2D eigenvalue weighted by Crippen LogP contribution is -2.54. The predicted molar refractivity (Wildman–Crippen MR) is 104 cm³/mol. The summed E-state index contributed by atoms with van der Waals surface area (Å²) in [6.45, 7) is 2.00. The maximum Gasteiger partial charge on any atom is 0.335 e. The first-order valence-corrected chi connectivity index (χ1v) is 8.60. The molecule has 0 saturated carbocycles. The number of urea groups is 1. The minimum absolute atomic E-state index is 0.122. The first kappa shape index (κ1) is 17.4. The van der Waals surface area contributed by atoms with Gasteiger partial charge in [0.1, 0.15) is 5.57 Å². The third-order valence-corrected chi connectivity index (χ3v) is 4.41. The Morgan fingerprint density at radius 1 is 0.929 bits per heavy atom. The number of hydrogen-bond acceptors (Lipinski definition) is 4. The van der Waals surface area contributed by atoms with Gasteiger partial charge in [-0.2, -0.15) is 0 Å². The summed E-state index contributed by atoms with van der Waals surface area (Å²) in [5.74, 6) is -1.41. The first-order valence-electron chi connectivity index (χ1n) is 8.60. The molecule has 1 fully saturated rings. The third kappa shape index (κ3) is 3.09. The van der Waals surface area contributed by atoms with E-state index in [-0.39, 0.29) is 5.57 Å². The summed E-state index contributed by atoms with van der Waals surface area (Å²) in [5.41, 5.74) is 2.89. The number of pyridine rings is 1. The molecule has 3 heterocycles. The molecule has 1 N–H and O–H groups in total. The van der Waals surface area contributed by atoms with Crippen molar-refractivity contribution in [2.75, 3.05) is 4.90 Å². The Bertz CT molecular complexity index is 1100. The number of carbonyl (C=O) groups is 3. The Kier molecular flexibility index (Phi) is 4.33. The minimum atomic E-state index is -0.785. The molecule has 7 nitrogen and oxygen atoms in total. The van der Waals surface area contributed by atoms with Crippen LogP contribution in [0.3, 0.4) is 0 Å². The van der Waals surface area contributed by atoms with Crippen molar-refractivity contribution in [3.05, 3.63) is 84.0 Å². The molecular formula is C21H16N4O3. The molecule has 28 heavy (non-hydrogen) atoms. The molecule has 0 spiro atoms. The molecule has 0 bridgehead atoms. The fourth-order valence-corrected chi connectivity index (χ4v) is 2.99. The van der Waals surface area contributed by atoms with Gasteiger partial charge in [0.15, 0.2) is 0 Å². The summed E-state index contributed by atoms with van der Waals surface area (Å²) in [7, 11) is 0. The molecule has 1 aliphatic heterocycles. The highest BCUT2D eigenvalue weighted by Gasteiger charge is 2.36. The number of nitrogens with zero attached hydrogens (tertiary/aromatic N) is 3. The summed E-state index contributed by atoms with van der Waals surface area (Å²) in [4.78, 5) is 42.3. The smallest absolute Gasteiger partial charge is 0.317 e. The fraction of sp³-hybridized carbons (Fsp3) is 0.0476. The summed E-state index contributed by atoms with van der Waals surface area (Å²) in [6, 6.07) is 13.7. The minimum Gasteiger partial charge on any atom is -0.317 e. The second-order valence-electron chi connectivity index (χ2n) is 6.30. The highest BCUT2D eigenvalue weighted by Crippen LogP contribution is 2.22. The molecule has 2 aromatic heterocycles. The maximum atomic E-state index is 12.9. The van der Waals surface area contributed by atoms with Crippen LogP contribution in [0, 0.1) is 6.92 Å². The van der Waals surface area contributed by atoms with Crippen LogP contribution < -0.4 is 10.2 Å². The molecule has 4 rings (SSSR count). The molecule has 0 radical (unpaired) electrons. The van der Waals surface area contributed by atoms with Crippen LogP contribution >= 0.6 is 0 Å². The van der Waals surface area contributed by atoms with Crippen molar-refractivity contribution in [2.45, 2.75) is 6.92 Å². The van der Waals surface area contributed by atoms with E-state index in [9.17, 15) is 14.4 Å². The van der Waals surface area contributed by atoms with Gasteiger partial charge in [-0.1, -0.05) is 17.7 Å². The zero-order valence-electron chi connectivity index (χ0n) is 15.0. The van der Waals surface area contributed by atoms with Crippen LogP contribution in [0.2, 0.25) is 0 Å². The molecule has 0 atom stereocenters. The number of carbonyl (C=O) groups excluding carboxylic acids is 3. The molecule has 3 aromatic rings. The van der Waals surface area contributed by atoms with Gasteiger partial charge in [0, 0.05) is 30.0 Å². The van der Waals surface area contributed by atoms with Crippen LogP contribution in [0.4, 0.5) is 10.5 Å². The van der Waals surface area contributed by atoms with Crippen LogP contribution in [0.1, 0.15) is 11.3 Å². The summed E-state index contributed by atoms with van der Waals surface area (Å²) in [5, 5.41) is 2.22. The van der Waals surface area contributed by atoms with E-state index in [1.165, 1.54) is 30.6 Å². The second-order valence-corrected chi connectivity index (χ2v) is 6.30. The average molecular weight is 372 g/mol. The number of barbiturate groups is 1. The number of aryl methyl sites for hydroxylation is 1. The van der Waals surface area contributed by atoms with Crippen molar-refractivity contribution < 1.29 is 14.4 Å². The predicted octanol–water partition coefficient (Wildman–Crippen LogP) is 2.85. The van der Waals surface area contributed by atoms with Crippen molar-refractivity contribution in [2.24, 2.45) is 0 Å². The monoisotopic (exact) mass is 372 g/mol. The molecule has 1 aromatic carbocycles. The van der Waals surface area contributed by atoms with E-state index in [1.807, 2.05) is 48.0 Å². The van der Waals surface area contributed by atoms with E-state index in [1.54, 1.807) is 6.07 Å². The van der Waals surface area contributed by atoms with Gasteiger partial charge in [0.25, 0.3) is 11.8 Å². The zero-order valence-corrected chi connectivity index (χ0v) is 15.0. The highest BCUT2D eigenvalue weighted by molar-refractivity contribution is 6.39. The first-order chi connectivity index (χ1) is 13.5. The van der Waals surface area contributed by atoms with E-state index in [4.69, 9.17) is 0 Å². The van der Waals surface area contributed by atoms with E-state index in [2.05, 4.69) is 10.3 Å². The molecule has 7 heteroatoms. The topological polar surface area (TPSA) is 84.3 Å². The van der Waals surface area contributed by atoms with Crippen LogP contribution in [0.15, 0.2) is 72.7 Å². The van der Waals surface area contributed by atoms with Gasteiger partial charge in [-0.05, 0) is 49.4 Å². The van der Waals surface area contributed by atoms with Crippen LogP contribution in [-0.4, -0.2) is 27.4 Å². The number of hydrogen-bond donors (Lipinski definition) is 1. The van der Waals surface area contributed by atoms with Gasteiger partial charge in [-0.25, -0.2) is 9.69 Å². The highest BCUT2D eigenvalue weighted by atomic mass is 16.2. The summed E-state index contributed by atoms with van der Waals surface area (Å²) in [6.07, 6.45) is 6.27. The summed E-state index contributed by atoms with van der Waals surface area (Å²) < 4.78 is 1.86. The molecule has 0 unspecified atom stereocenters. The fourth-order valence-electron chi connectivity index (χ4n) is 2.99. The lowest BCUT2D eigenvalue weighted by Gasteiger charge is -2.26. The second kappa shape index (κ2) is 6.96.